The topological polar surface area (TPSA) is 71.2 Å². The molecule has 0 aliphatic carbocycles. The van der Waals surface area contributed by atoms with Crippen molar-refractivity contribution in [1.29, 1.82) is 0 Å². The van der Waals surface area contributed by atoms with Crippen molar-refractivity contribution in [3.05, 3.63) is 37.1 Å². The minimum absolute atomic E-state index is 0.852. The van der Waals surface area contributed by atoms with Crippen LogP contribution in [-0.4, -0.2) is 56.7 Å². The second-order valence-corrected chi connectivity index (χ2v) is 6.07. The third-order valence-electron chi connectivity index (χ3n) is 4.04. The summed E-state index contributed by atoms with van der Waals surface area (Å²) in [5.74, 6) is 0.852. The molecule has 0 bridgehead atoms. The van der Waals surface area contributed by atoms with E-state index in [4.69, 9.17) is 10.1 Å². The third kappa shape index (κ3) is 2.52. The van der Waals surface area contributed by atoms with Crippen LogP contribution >= 0.6 is 0 Å². The molecule has 0 unspecified atom stereocenters. The van der Waals surface area contributed by atoms with E-state index in [0.29, 0.717) is 0 Å². The molecule has 4 heterocycles. The highest BCUT2D eigenvalue weighted by Gasteiger charge is 2.15. The van der Waals surface area contributed by atoms with Gasteiger partial charge in [0.15, 0.2) is 0 Å². The molecule has 4 aromatic rings. The van der Waals surface area contributed by atoms with Gasteiger partial charge in [0.1, 0.15) is 11.3 Å². The number of aromatic nitrogens is 5. The van der Waals surface area contributed by atoms with Crippen LogP contribution in [0.4, 0.5) is 5.82 Å². The maximum Gasteiger partial charge on any atom is 0.138 e. The Bertz CT molecular complexity index is 1010. The molecule has 0 saturated heterocycles. The van der Waals surface area contributed by atoms with Crippen molar-refractivity contribution in [2.24, 2.45) is 0 Å². The van der Waals surface area contributed by atoms with Gasteiger partial charge in [-0.1, -0.05) is 0 Å². The van der Waals surface area contributed by atoms with Crippen LogP contribution in [0.5, 0.6) is 0 Å². The Kier molecular flexibility index (Phi) is 3.70. The van der Waals surface area contributed by atoms with Crippen molar-refractivity contribution in [3.8, 4) is 0 Å². The van der Waals surface area contributed by atoms with Gasteiger partial charge in [0.2, 0.25) is 0 Å². The van der Waals surface area contributed by atoms with Gasteiger partial charge in [-0.2, -0.15) is 5.10 Å². The number of hydrogen-bond donors (Lipinski definition) is 1. The molecule has 24 heavy (non-hydrogen) atoms. The summed E-state index contributed by atoms with van der Waals surface area (Å²) in [4.78, 5) is 15.4. The van der Waals surface area contributed by atoms with Crippen LogP contribution in [-0.2, 0) is 0 Å². The summed E-state index contributed by atoms with van der Waals surface area (Å²) >= 11 is 0. The van der Waals surface area contributed by atoms with Crippen LogP contribution in [0.2, 0.25) is 0 Å². The monoisotopic (exact) mass is 321 g/mol. The fourth-order valence-corrected chi connectivity index (χ4v) is 2.90. The van der Waals surface area contributed by atoms with Crippen LogP contribution in [0.15, 0.2) is 37.1 Å². The lowest BCUT2D eigenvalue weighted by atomic mass is 10.2. The predicted molar refractivity (Wildman–Crippen MR) is 95.2 cm³/mol. The fraction of sp³-hybridized carbons (Fsp3) is 0.294. The molecule has 4 rings (SSSR count). The molecule has 7 heteroatoms. The molecular formula is C17H19N7. The van der Waals surface area contributed by atoms with E-state index in [0.717, 1.165) is 52.7 Å². The van der Waals surface area contributed by atoms with Crippen LogP contribution in [0.3, 0.4) is 0 Å². The standard InChI is InChI=1S/C17H19N7/c1-23(2)8-3-5-20-17-15-14-11-19-7-9-24(14)22-16(15)12-10-18-6-4-13(12)21-17/h4,6-7,9-11H,3,5,8H2,1-2H3,(H,20,21). The highest BCUT2D eigenvalue weighted by atomic mass is 15.2. The number of nitrogens with one attached hydrogen (secondary N) is 1. The Morgan fingerprint density at radius 2 is 2.04 bits per heavy atom. The molecule has 7 nitrogen and oxygen atoms in total. The van der Waals surface area contributed by atoms with Gasteiger partial charge in [-0.3, -0.25) is 9.97 Å². The highest BCUT2D eigenvalue weighted by molar-refractivity contribution is 6.13. The zero-order valence-electron chi connectivity index (χ0n) is 13.8. The Morgan fingerprint density at radius 1 is 1.17 bits per heavy atom. The summed E-state index contributed by atoms with van der Waals surface area (Å²) in [6.45, 7) is 1.89. The Balaban J connectivity index is 1.86. The van der Waals surface area contributed by atoms with Gasteiger partial charge in [-0.05, 0) is 33.1 Å². The lowest BCUT2D eigenvalue weighted by molar-refractivity contribution is 0.405. The van der Waals surface area contributed by atoms with Gasteiger partial charge in [0.25, 0.3) is 0 Å². The SMILES string of the molecule is CN(C)CCCNc1nc2ccncc2c2nn3ccncc3c12. The van der Waals surface area contributed by atoms with E-state index in [-0.39, 0.29) is 0 Å². The molecule has 0 spiro atoms. The van der Waals surface area contributed by atoms with E-state index in [1.807, 2.05) is 29.2 Å². The van der Waals surface area contributed by atoms with Gasteiger partial charge in [-0.15, -0.1) is 0 Å². The fourth-order valence-electron chi connectivity index (χ4n) is 2.90. The molecule has 122 valence electrons. The second-order valence-electron chi connectivity index (χ2n) is 6.07. The van der Waals surface area contributed by atoms with Crippen molar-refractivity contribution < 1.29 is 0 Å². The van der Waals surface area contributed by atoms with E-state index in [1.54, 1.807) is 12.4 Å². The number of nitrogens with zero attached hydrogens (tertiary/aromatic N) is 6. The van der Waals surface area contributed by atoms with E-state index in [1.165, 1.54) is 0 Å². The molecule has 0 fully saturated rings. The number of fused-ring (bicyclic) bond motifs is 5. The Hall–Kier alpha value is -2.80. The molecule has 0 atom stereocenters. The first-order valence-electron chi connectivity index (χ1n) is 7.98. The van der Waals surface area contributed by atoms with Gasteiger partial charge in [0, 0.05) is 36.7 Å². The smallest absolute Gasteiger partial charge is 0.138 e. The normalized spacial score (nSPS) is 11.8. The zero-order chi connectivity index (χ0) is 16.5. The molecule has 1 N–H and O–H groups in total. The number of hydrogen-bond acceptors (Lipinski definition) is 6. The van der Waals surface area contributed by atoms with Crippen molar-refractivity contribution >= 4 is 33.1 Å². The number of rotatable bonds is 5. The number of anilines is 1. The van der Waals surface area contributed by atoms with Crippen molar-refractivity contribution in [2.45, 2.75) is 6.42 Å². The minimum Gasteiger partial charge on any atom is -0.369 e. The van der Waals surface area contributed by atoms with E-state index in [9.17, 15) is 0 Å². The van der Waals surface area contributed by atoms with Crippen LogP contribution < -0.4 is 5.32 Å². The summed E-state index contributed by atoms with van der Waals surface area (Å²) in [6.07, 6.45) is 10.0. The molecule has 0 saturated carbocycles. The third-order valence-corrected chi connectivity index (χ3v) is 4.04. The summed E-state index contributed by atoms with van der Waals surface area (Å²) in [5.41, 5.74) is 2.74. The van der Waals surface area contributed by atoms with Crippen LogP contribution in [0.25, 0.3) is 27.3 Å². The molecule has 0 aliphatic heterocycles. The summed E-state index contributed by atoms with van der Waals surface area (Å²) < 4.78 is 1.84. The van der Waals surface area contributed by atoms with Crippen molar-refractivity contribution in [3.63, 3.8) is 0 Å². The molecule has 0 amide bonds. The zero-order valence-corrected chi connectivity index (χ0v) is 13.8. The highest BCUT2D eigenvalue weighted by Crippen LogP contribution is 2.31. The minimum atomic E-state index is 0.852. The Labute approximate surface area is 139 Å². The quantitative estimate of drug-likeness (QED) is 0.568. The average molecular weight is 321 g/mol. The van der Waals surface area contributed by atoms with E-state index < -0.39 is 0 Å². The first-order valence-corrected chi connectivity index (χ1v) is 7.98. The van der Waals surface area contributed by atoms with Gasteiger partial charge in [0.05, 0.1) is 22.6 Å². The summed E-state index contributed by atoms with van der Waals surface area (Å²) in [6, 6.07) is 1.92. The predicted octanol–water partition coefficient (Wildman–Crippen LogP) is 2.19. The summed E-state index contributed by atoms with van der Waals surface area (Å²) in [7, 11) is 4.16. The Morgan fingerprint density at radius 3 is 2.92 bits per heavy atom. The molecule has 0 radical (unpaired) electrons. The van der Waals surface area contributed by atoms with Crippen LogP contribution in [0.1, 0.15) is 6.42 Å². The van der Waals surface area contributed by atoms with Crippen molar-refractivity contribution in [1.82, 2.24) is 29.5 Å². The van der Waals surface area contributed by atoms with E-state index >= 15 is 0 Å². The molecule has 4 aromatic heterocycles. The summed E-state index contributed by atoms with van der Waals surface area (Å²) in [5, 5.41) is 10.1. The van der Waals surface area contributed by atoms with E-state index in [2.05, 4.69) is 34.3 Å². The maximum atomic E-state index is 4.80. The maximum absolute atomic E-state index is 4.80. The molecule has 0 aromatic carbocycles. The lowest BCUT2D eigenvalue weighted by Crippen LogP contribution is -2.16. The number of pyridine rings is 2. The largest absolute Gasteiger partial charge is 0.369 e. The average Bonchev–Trinajstić information content (AvgIpc) is 2.98. The molecular weight excluding hydrogens is 302 g/mol. The van der Waals surface area contributed by atoms with Crippen molar-refractivity contribution in [2.75, 3.05) is 32.5 Å². The van der Waals surface area contributed by atoms with Gasteiger partial charge < -0.3 is 10.2 Å². The van der Waals surface area contributed by atoms with Gasteiger partial charge >= 0.3 is 0 Å². The molecule has 0 aliphatic rings. The van der Waals surface area contributed by atoms with Crippen LogP contribution in [0, 0.1) is 0 Å². The second kappa shape index (κ2) is 6.01. The first-order chi connectivity index (χ1) is 11.7. The van der Waals surface area contributed by atoms with Gasteiger partial charge in [-0.25, -0.2) is 9.50 Å². The first kappa shape index (κ1) is 14.8. The lowest BCUT2D eigenvalue weighted by Gasteiger charge is -2.11.